The van der Waals surface area contributed by atoms with Crippen LogP contribution in [0.2, 0.25) is 0 Å². The van der Waals surface area contributed by atoms with Crippen molar-refractivity contribution in [3.8, 4) is 0 Å². The zero-order valence-corrected chi connectivity index (χ0v) is 12.2. The molecule has 3 rings (SSSR count). The van der Waals surface area contributed by atoms with E-state index in [1.54, 1.807) is 0 Å². The van der Waals surface area contributed by atoms with Gasteiger partial charge in [0.2, 0.25) is 0 Å². The first kappa shape index (κ1) is 13.2. The van der Waals surface area contributed by atoms with Crippen molar-refractivity contribution in [1.82, 2.24) is 5.32 Å². The molecule has 0 radical (unpaired) electrons. The van der Waals surface area contributed by atoms with Crippen molar-refractivity contribution in [1.29, 1.82) is 0 Å². The minimum atomic E-state index is 0.546. The van der Waals surface area contributed by atoms with Crippen LogP contribution in [-0.2, 0) is 6.42 Å². The zero-order valence-electron chi connectivity index (χ0n) is 12.2. The maximum absolute atomic E-state index is 5.55. The quantitative estimate of drug-likeness (QED) is 0.865. The van der Waals surface area contributed by atoms with Crippen LogP contribution in [0.4, 0.5) is 0 Å². The number of hydrogen-bond donors (Lipinski definition) is 1. The summed E-state index contributed by atoms with van der Waals surface area (Å²) >= 11 is 0. The predicted molar refractivity (Wildman–Crippen MR) is 78.1 cm³/mol. The molecule has 2 nitrogen and oxygen atoms in total. The van der Waals surface area contributed by atoms with E-state index in [-0.39, 0.29) is 0 Å². The Morgan fingerprint density at radius 3 is 2.89 bits per heavy atom. The molecule has 0 aromatic carbocycles. The number of furan rings is 1. The summed E-state index contributed by atoms with van der Waals surface area (Å²) in [4.78, 5) is 0. The molecule has 1 N–H and O–H groups in total. The van der Waals surface area contributed by atoms with Gasteiger partial charge < -0.3 is 9.73 Å². The smallest absolute Gasteiger partial charge is 0.108 e. The van der Waals surface area contributed by atoms with Crippen LogP contribution >= 0.6 is 0 Å². The monoisotopic (exact) mass is 261 g/mol. The van der Waals surface area contributed by atoms with Crippen LogP contribution in [0.1, 0.15) is 69.2 Å². The minimum absolute atomic E-state index is 0.546. The van der Waals surface area contributed by atoms with Gasteiger partial charge in [0.15, 0.2) is 0 Å². The predicted octanol–water partition coefficient (Wildman–Crippen LogP) is 4.46. The fourth-order valence-corrected chi connectivity index (χ4v) is 3.78. The standard InChI is InChI=1S/C17H27NO/c1-13-5-7-14(8-6-13)9-11-18-16-3-2-4-17-15(16)10-12-19-17/h10,12-14,16,18H,2-9,11H2,1H3. The summed E-state index contributed by atoms with van der Waals surface area (Å²) < 4.78 is 5.55. The van der Waals surface area contributed by atoms with Gasteiger partial charge in [-0.1, -0.05) is 32.6 Å². The third-order valence-corrected chi connectivity index (χ3v) is 5.13. The Hall–Kier alpha value is -0.760. The summed E-state index contributed by atoms with van der Waals surface area (Å²) in [6.45, 7) is 3.57. The van der Waals surface area contributed by atoms with Gasteiger partial charge in [0.25, 0.3) is 0 Å². The van der Waals surface area contributed by atoms with Crippen molar-refractivity contribution in [2.45, 2.75) is 64.3 Å². The second-order valence-electron chi connectivity index (χ2n) is 6.61. The van der Waals surface area contributed by atoms with Crippen LogP contribution in [0.15, 0.2) is 16.7 Å². The van der Waals surface area contributed by atoms with E-state index in [1.807, 2.05) is 6.26 Å². The Morgan fingerprint density at radius 2 is 2.05 bits per heavy atom. The molecule has 19 heavy (non-hydrogen) atoms. The number of nitrogens with one attached hydrogen (secondary N) is 1. The van der Waals surface area contributed by atoms with Gasteiger partial charge in [-0.25, -0.2) is 0 Å². The van der Waals surface area contributed by atoms with Crippen LogP contribution in [0, 0.1) is 11.8 Å². The molecule has 0 saturated heterocycles. The third kappa shape index (κ3) is 3.22. The van der Waals surface area contributed by atoms with Gasteiger partial charge in [0.05, 0.1) is 6.26 Å². The lowest BCUT2D eigenvalue weighted by Gasteiger charge is -2.28. The zero-order chi connectivity index (χ0) is 13.1. The van der Waals surface area contributed by atoms with Crippen LogP contribution < -0.4 is 5.32 Å². The van der Waals surface area contributed by atoms with Crippen LogP contribution in [0.5, 0.6) is 0 Å². The lowest BCUT2D eigenvalue weighted by molar-refractivity contribution is 0.270. The Morgan fingerprint density at radius 1 is 1.21 bits per heavy atom. The summed E-state index contributed by atoms with van der Waals surface area (Å²) in [7, 11) is 0. The second-order valence-corrected chi connectivity index (χ2v) is 6.61. The van der Waals surface area contributed by atoms with Crippen LogP contribution in [0.3, 0.4) is 0 Å². The van der Waals surface area contributed by atoms with Crippen LogP contribution in [-0.4, -0.2) is 6.54 Å². The Bertz CT molecular complexity index is 390. The van der Waals surface area contributed by atoms with E-state index in [1.165, 1.54) is 62.8 Å². The molecule has 2 aliphatic rings. The number of hydrogen-bond acceptors (Lipinski definition) is 2. The van der Waals surface area contributed by atoms with Gasteiger partial charge >= 0.3 is 0 Å². The summed E-state index contributed by atoms with van der Waals surface area (Å²) in [6.07, 6.45) is 12.7. The average Bonchev–Trinajstić information content (AvgIpc) is 2.90. The fraction of sp³-hybridized carbons (Fsp3) is 0.765. The van der Waals surface area contributed by atoms with Gasteiger partial charge in [-0.3, -0.25) is 0 Å². The summed E-state index contributed by atoms with van der Waals surface area (Å²) in [5.41, 5.74) is 1.42. The number of aryl methyl sites for hydroxylation is 1. The molecule has 1 fully saturated rings. The largest absolute Gasteiger partial charge is 0.469 e. The maximum atomic E-state index is 5.55. The van der Waals surface area contributed by atoms with Gasteiger partial charge in [-0.15, -0.1) is 0 Å². The Labute approximate surface area is 117 Å². The molecule has 1 heterocycles. The van der Waals surface area contributed by atoms with E-state index in [9.17, 15) is 0 Å². The molecule has 0 aliphatic heterocycles. The molecule has 1 aromatic heterocycles. The van der Waals surface area contributed by atoms with E-state index >= 15 is 0 Å². The summed E-state index contributed by atoms with van der Waals surface area (Å²) in [5.74, 6) is 3.15. The minimum Gasteiger partial charge on any atom is -0.469 e. The van der Waals surface area contributed by atoms with E-state index < -0.39 is 0 Å². The number of rotatable bonds is 4. The highest BCUT2D eigenvalue weighted by molar-refractivity contribution is 5.23. The van der Waals surface area contributed by atoms with Gasteiger partial charge in [0.1, 0.15) is 5.76 Å². The molecule has 2 aliphatic carbocycles. The Balaban J connectivity index is 1.44. The molecule has 0 bridgehead atoms. The van der Waals surface area contributed by atoms with Crippen molar-refractivity contribution in [2.75, 3.05) is 6.54 Å². The SMILES string of the molecule is CC1CCC(CCNC2CCCc3occc32)CC1. The first-order valence-corrected chi connectivity index (χ1v) is 8.12. The highest BCUT2D eigenvalue weighted by Crippen LogP contribution is 2.32. The first-order chi connectivity index (χ1) is 9.33. The van der Waals surface area contributed by atoms with Crippen molar-refractivity contribution in [3.05, 3.63) is 23.7 Å². The van der Waals surface area contributed by atoms with Crippen molar-refractivity contribution in [2.24, 2.45) is 11.8 Å². The first-order valence-electron chi connectivity index (χ1n) is 8.12. The molecule has 2 heteroatoms. The number of fused-ring (bicyclic) bond motifs is 1. The highest BCUT2D eigenvalue weighted by Gasteiger charge is 2.23. The topological polar surface area (TPSA) is 25.2 Å². The lowest BCUT2D eigenvalue weighted by Crippen LogP contribution is -2.27. The highest BCUT2D eigenvalue weighted by atomic mass is 16.3. The molecular formula is C17H27NO. The second kappa shape index (κ2) is 6.13. The Kier molecular flexibility index (Phi) is 4.27. The van der Waals surface area contributed by atoms with Gasteiger partial charge in [0, 0.05) is 18.0 Å². The summed E-state index contributed by atoms with van der Waals surface area (Å²) in [6, 6.07) is 2.71. The van der Waals surface area contributed by atoms with Crippen molar-refractivity contribution < 1.29 is 4.42 Å². The summed E-state index contributed by atoms with van der Waals surface area (Å²) in [5, 5.41) is 3.76. The van der Waals surface area contributed by atoms with Crippen molar-refractivity contribution in [3.63, 3.8) is 0 Å². The molecule has 1 saturated carbocycles. The molecular weight excluding hydrogens is 234 g/mol. The average molecular weight is 261 g/mol. The lowest BCUT2D eigenvalue weighted by atomic mass is 9.81. The van der Waals surface area contributed by atoms with E-state index in [0.29, 0.717) is 6.04 Å². The fourth-order valence-electron chi connectivity index (χ4n) is 3.78. The molecule has 0 amide bonds. The van der Waals surface area contributed by atoms with E-state index in [0.717, 1.165) is 18.3 Å². The molecule has 1 atom stereocenters. The van der Waals surface area contributed by atoms with Crippen LogP contribution in [0.25, 0.3) is 0 Å². The molecule has 1 aromatic rings. The molecule has 0 spiro atoms. The molecule has 106 valence electrons. The normalized spacial score (nSPS) is 31.1. The maximum Gasteiger partial charge on any atom is 0.108 e. The van der Waals surface area contributed by atoms with Crippen molar-refractivity contribution >= 4 is 0 Å². The van der Waals surface area contributed by atoms with E-state index in [2.05, 4.69) is 18.3 Å². The molecule has 1 unspecified atom stereocenters. The van der Waals surface area contributed by atoms with Gasteiger partial charge in [-0.05, 0) is 43.7 Å². The van der Waals surface area contributed by atoms with E-state index in [4.69, 9.17) is 4.42 Å². The van der Waals surface area contributed by atoms with Gasteiger partial charge in [-0.2, -0.15) is 0 Å². The third-order valence-electron chi connectivity index (χ3n) is 5.13.